The van der Waals surface area contributed by atoms with Crippen molar-refractivity contribution in [3.8, 4) is 11.5 Å². The predicted octanol–water partition coefficient (Wildman–Crippen LogP) is 16.7. The lowest BCUT2D eigenvalue weighted by Gasteiger charge is -2.44. The van der Waals surface area contributed by atoms with E-state index in [1.54, 1.807) is 41.5 Å². The highest BCUT2D eigenvalue weighted by atomic mass is 19.4. The number of ether oxygens (including phenoxy) is 2. The van der Waals surface area contributed by atoms with Gasteiger partial charge in [0.2, 0.25) is 0 Å². The first-order chi connectivity index (χ1) is 38.7. The van der Waals surface area contributed by atoms with E-state index in [1.807, 2.05) is 0 Å². The Morgan fingerprint density at radius 2 is 0.663 bits per heavy atom. The molecule has 0 heterocycles. The molecule has 2 rings (SSSR count). The summed E-state index contributed by atoms with van der Waals surface area (Å²) in [7, 11) is 0. The van der Waals surface area contributed by atoms with Gasteiger partial charge in [-0.2, -0.15) is 149 Å². The number of esters is 2. The maximum absolute atomic E-state index is 14.2. The molecule has 0 bridgehead atoms. The second-order valence-electron chi connectivity index (χ2n) is 21.6. The number of alkyl halides is 34. The Kier molecular flexibility index (Phi) is 22.8. The molecule has 0 radical (unpaired) electrons. The van der Waals surface area contributed by atoms with Crippen LogP contribution < -0.4 is 0 Å². The Morgan fingerprint density at radius 3 is 0.955 bits per heavy atom. The number of phenolic OH excluding ortho intramolecular Hbond substituents is 2. The van der Waals surface area contributed by atoms with Gasteiger partial charge < -0.3 is 24.8 Å². The number of halogens is 34. The van der Waals surface area contributed by atoms with Crippen LogP contribution in [0.1, 0.15) is 94.2 Å². The van der Waals surface area contributed by atoms with Gasteiger partial charge in [0.25, 0.3) is 0 Å². The summed E-state index contributed by atoms with van der Waals surface area (Å²) in [5, 5.41) is 29.5. The second kappa shape index (κ2) is 24.9. The van der Waals surface area contributed by atoms with Gasteiger partial charge in [-0.15, -0.1) is 0 Å². The number of phenols is 2. The molecule has 0 saturated heterocycles. The molecule has 1 atom stereocenters. The van der Waals surface area contributed by atoms with E-state index in [-0.39, 0.29) is 34.6 Å². The molecule has 0 saturated carbocycles. The number of rotatable bonds is 24. The number of aliphatic hydroxyl groups is 1. The number of hydrogen-bond acceptors (Lipinski definition) is 7. The van der Waals surface area contributed by atoms with Crippen LogP contribution in [0, 0.1) is 13.8 Å². The smallest absolute Gasteiger partial charge is 0.460 e. The minimum Gasteiger partial charge on any atom is -0.507 e. The fourth-order valence-electron chi connectivity index (χ4n) is 7.19. The van der Waals surface area contributed by atoms with Crippen LogP contribution in [0.3, 0.4) is 0 Å². The molecule has 518 valence electrons. The zero-order valence-electron chi connectivity index (χ0n) is 45.7. The molecule has 89 heavy (non-hydrogen) atoms. The molecule has 2 aromatic rings. The summed E-state index contributed by atoms with van der Waals surface area (Å²) in [5.74, 6) is -120. The molecule has 0 amide bonds. The lowest BCUT2D eigenvalue weighted by Crippen LogP contribution is -2.77. The number of carbonyl (C=O) groups is 2. The SMILES string of the molecule is CC(C)(C)c1cc(CCC(=O)OC(CO)CC(F)(F)C(F)(F)C(F)(F)C(F)(F)C(F)(F)C(F)(F)F)cc(C(C)(C)C)c1O.Cc1cc(CCC(=O)OCC(F)(F)C(F)(F)C(F)(F)C(F)(F)C(F)(F)C(F)(F)C(F)(F)C(F)(F)C(F)(F)C(F)(F)F)cc(C)c1O. The molecule has 0 fully saturated rings. The summed E-state index contributed by atoms with van der Waals surface area (Å²) < 4.78 is 462. The van der Waals surface area contributed by atoms with Gasteiger partial charge in [0.1, 0.15) is 17.6 Å². The Bertz CT molecular complexity index is 2750. The van der Waals surface area contributed by atoms with Crippen LogP contribution in [0.15, 0.2) is 24.3 Å². The third-order valence-electron chi connectivity index (χ3n) is 12.5. The summed E-state index contributed by atoms with van der Waals surface area (Å²) in [6, 6.07) is 5.38. The standard InChI is InChI=1S/C26H31F13O4.C22H15F21O3/c1-19(2,3)15-9-13(10-16(18(15)42)20(4,5)6)7-8-17(41)43-14(12-40)11-21(27,28)22(29,30)23(31,32)24(33,34)25(35,36)26(37,38)39;1-8-5-10(6-9(2)12(8)45)3-4-11(44)46-7-13(23,24)14(25,26)15(27,28)16(29,30)17(31,32)18(33,34)19(35,36)20(37,38)21(39,40)22(41,42)43/h9-10,14,40,42H,7-8,11-12H2,1-6H3;5-6,45H,3-4,7H2,1-2H3. The van der Waals surface area contributed by atoms with Crippen molar-refractivity contribution >= 4 is 11.9 Å². The van der Waals surface area contributed by atoms with Gasteiger partial charge in [0.15, 0.2) is 6.61 Å². The van der Waals surface area contributed by atoms with Crippen LogP contribution in [0.4, 0.5) is 149 Å². The van der Waals surface area contributed by atoms with Gasteiger partial charge in [0.05, 0.1) is 13.0 Å². The lowest BCUT2D eigenvalue weighted by molar-refractivity contribution is -0.474. The van der Waals surface area contributed by atoms with E-state index in [4.69, 9.17) is 0 Å². The summed E-state index contributed by atoms with van der Waals surface area (Å²) >= 11 is 0. The number of carbonyl (C=O) groups excluding carboxylic acids is 2. The van der Waals surface area contributed by atoms with Crippen molar-refractivity contribution in [2.45, 2.75) is 200 Å². The summed E-state index contributed by atoms with van der Waals surface area (Å²) in [6.07, 6.45) is -23.8. The molecule has 7 nitrogen and oxygen atoms in total. The Hall–Kier alpha value is -5.44. The molecule has 0 aromatic heterocycles. The number of aromatic hydroxyl groups is 2. The third-order valence-corrected chi connectivity index (χ3v) is 12.5. The molecule has 3 N–H and O–H groups in total. The van der Waals surface area contributed by atoms with E-state index in [1.165, 1.54) is 38.1 Å². The average molecular weight is 1380 g/mol. The first kappa shape index (κ1) is 81.6. The van der Waals surface area contributed by atoms with Crippen LogP contribution in [-0.2, 0) is 42.7 Å². The minimum absolute atomic E-state index is 0.0368. The number of hydrogen-bond donors (Lipinski definition) is 3. The van der Waals surface area contributed by atoms with Crippen LogP contribution in [-0.4, -0.2) is 142 Å². The molecule has 0 spiro atoms. The molecule has 0 aliphatic heterocycles. The van der Waals surface area contributed by atoms with E-state index in [2.05, 4.69) is 9.47 Å². The summed E-state index contributed by atoms with van der Waals surface area (Å²) in [4.78, 5) is 23.9. The van der Waals surface area contributed by atoms with Crippen molar-refractivity contribution in [2.75, 3.05) is 13.2 Å². The Balaban J connectivity index is 0.000000892. The van der Waals surface area contributed by atoms with Crippen molar-refractivity contribution in [2.24, 2.45) is 0 Å². The van der Waals surface area contributed by atoms with E-state index in [0.29, 0.717) is 16.7 Å². The van der Waals surface area contributed by atoms with Gasteiger partial charge >= 0.3 is 107 Å². The van der Waals surface area contributed by atoms with Crippen LogP contribution in [0.25, 0.3) is 0 Å². The van der Waals surface area contributed by atoms with Crippen molar-refractivity contribution in [3.63, 3.8) is 0 Å². The van der Waals surface area contributed by atoms with Gasteiger partial charge in [-0.05, 0) is 70.9 Å². The Labute approximate surface area is 477 Å². The molecule has 1 unspecified atom stereocenters. The van der Waals surface area contributed by atoms with Crippen molar-refractivity contribution in [3.05, 3.63) is 57.6 Å². The molecule has 0 aliphatic rings. The van der Waals surface area contributed by atoms with E-state index < -0.39 is 163 Å². The molecule has 0 aliphatic carbocycles. The predicted molar refractivity (Wildman–Crippen MR) is 234 cm³/mol. The van der Waals surface area contributed by atoms with Crippen LogP contribution in [0.2, 0.25) is 0 Å². The normalized spacial score (nSPS) is 15.4. The molecule has 41 heteroatoms. The fraction of sp³-hybridized carbons (Fsp3) is 0.708. The van der Waals surface area contributed by atoms with Gasteiger partial charge in [-0.3, -0.25) is 9.59 Å². The lowest BCUT2D eigenvalue weighted by atomic mass is 9.78. The van der Waals surface area contributed by atoms with Crippen LogP contribution in [0.5, 0.6) is 11.5 Å². The number of aryl methyl sites for hydroxylation is 4. The topological polar surface area (TPSA) is 113 Å². The minimum atomic E-state index is -9.26. The van der Waals surface area contributed by atoms with Crippen molar-refractivity contribution < 1.29 is 184 Å². The number of aliphatic hydroxyl groups excluding tert-OH is 1. The first-order valence-electron chi connectivity index (χ1n) is 23.8. The third kappa shape index (κ3) is 14.6. The number of benzene rings is 2. The van der Waals surface area contributed by atoms with Gasteiger partial charge in [-0.1, -0.05) is 65.8 Å². The van der Waals surface area contributed by atoms with Crippen molar-refractivity contribution in [1.29, 1.82) is 0 Å². The highest BCUT2D eigenvalue weighted by molar-refractivity contribution is 5.70. The van der Waals surface area contributed by atoms with E-state index in [0.717, 1.165) is 0 Å². The zero-order valence-corrected chi connectivity index (χ0v) is 45.7. The fourth-order valence-corrected chi connectivity index (χ4v) is 7.19. The molecular weight excluding hydrogens is 1330 g/mol. The monoisotopic (exact) mass is 1380 g/mol. The molecular formula is C48H46F34O7. The Morgan fingerprint density at radius 1 is 0.393 bits per heavy atom. The molecule has 2 aromatic carbocycles. The van der Waals surface area contributed by atoms with Gasteiger partial charge in [0, 0.05) is 12.8 Å². The highest BCUT2D eigenvalue weighted by Crippen LogP contribution is 2.67. The quantitative estimate of drug-likeness (QED) is 0.0709. The maximum Gasteiger partial charge on any atom is 0.460 e. The summed E-state index contributed by atoms with van der Waals surface area (Å²) in [6.45, 7) is 7.99. The first-order valence-corrected chi connectivity index (χ1v) is 23.8. The second-order valence-corrected chi connectivity index (χ2v) is 21.6. The highest BCUT2D eigenvalue weighted by Gasteiger charge is 2.98. The largest absolute Gasteiger partial charge is 0.507 e. The van der Waals surface area contributed by atoms with E-state index in [9.17, 15) is 174 Å². The summed E-state index contributed by atoms with van der Waals surface area (Å²) in [5.41, 5.74) is 0.553. The average Bonchev–Trinajstić information content (AvgIpc) is 0.763. The van der Waals surface area contributed by atoms with Gasteiger partial charge in [-0.25, -0.2) is 0 Å². The maximum atomic E-state index is 14.2. The van der Waals surface area contributed by atoms with E-state index >= 15 is 0 Å². The van der Waals surface area contributed by atoms with Crippen LogP contribution >= 0.6 is 0 Å². The van der Waals surface area contributed by atoms with Crippen molar-refractivity contribution in [1.82, 2.24) is 0 Å². The zero-order chi connectivity index (χ0) is 71.5.